The number of anilines is 1. The van der Waals surface area contributed by atoms with Gasteiger partial charge in [0.15, 0.2) is 11.5 Å². The zero-order valence-corrected chi connectivity index (χ0v) is 17.8. The minimum Gasteiger partial charge on any atom is -0.493 e. The van der Waals surface area contributed by atoms with Gasteiger partial charge in [0.05, 0.1) is 20.1 Å². The first kappa shape index (κ1) is 21.6. The van der Waals surface area contributed by atoms with Crippen LogP contribution in [0.2, 0.25) is 0 Å². The lowest BCUT2D eigenvalue weighted by Gasteiger charge is -2.25. The molecule has 1 aliphatic rings. The lowest BCUT2D eigenvalue weighted by atomic mass is 10.1. The molecule has 0 saturated carbocycles. The van der Waals surface area contributed by atoms with Gasteiger partial charge in [0.1, 0.15) is 5.82 Å². The van der Waals surface area contributed by atoms with Crippen molar-refractivity contribution in [2.45, 2.75) is 26.8 Å². The summed E-state index contributed by atoms with van der Waals surface area (Å²) < 4.78 is 24.5. The van der Waals surface area contributed by atoms with Crippen LogP contribution >= 0.6 is 0 Å². The molecule has 2 aromatic rings. The summed E-state index contributed by atoms with van der Waals surface area (Å²) in [7, 11) is 3.14. The molecule has 1 fully saturated rings. The molecule has 0 aromatic heterocycles. The number of ether oxygens (including phenoxy) is 2. The van der Waals surface area contributed by atoms with Crippen molar-refractivity contribution in [3.05, 3.63) is 53.3 Å². The molecule has 1 aliphatic heterocycles. The van der Waals surface area contributed by atoms with Gasteiger partial charge in [-0.05, 0) is 49.2 Å². The molecule has 1 saturated heterocycles. The van der Waals surface area contributed by atoms with Crippen molar-refractivity contribution >= 4 is 17.5 Å². The van der Waals surface area contributed by atoms with Gasteiger partial charge in [-0.25, -0.2) is 4.39 Å². The molecule has 6 nitrogen and oxygen atoms in total. The molecule has 30 heavy (non-hydrogen) atoms. The van der Waals surface area contributed by atoms with Gasteiger partial charge in [0.2, 0.25) is 11.8 Å². The number of nitrogens with zero attached hydrogens (tertiary/aromatic N) is 2. The van der Waals surface area contributed by atoms with Crippen LogP contribution in [-0.4, -0.2) is 44.0 Å². The third-order valence-electron chi connectivity index (χ3n) is 5.46. The smallest absolute Gasteiger partial charge is 0.228 e. The van der Waals surface area contributed by atoms with Gasteiger partial charge in [-0.2, -0.15) is 0 Å². The first-order valence-electron chi connectivity index (χ1n) is 9.94. The van der Waals surface area contributed by atoms with Crippen LogP contribution in [0.5, 0.6) is 11.5 Å². The van der Waals surface area contributed by atoms with Crippen molar-refractivity contribution in [2.24, 2.45) is 5.92 Å². The maximum Gasteiger partial charge on any atom is 0.228 e. The van der Waals surface area contributed by atoms with E-state index in [0.29, 0.717) is 35.8 Å². The second-order valence-corrected chi connectivity index (χ2v) is 7.38. The van der Waals surface area contributed by atoms with Crippen LogP contribution in [0.25, 0.3) is 0 Å². The number of carbonyl (C=O) groups excluding carboxylic acids is 2. The highest BCUT2D eigenvalue weighted by Crippen LogP contribution is 2.30. The Morgan fingerprint density at radius 2 is 1.90 bits per heavy atom. The minimum absolute atomic E-state index is 0.0873. The Labute approximate surface area is 176 Å². The number of hydrogen-bond donors (Lipinski definition) is 0. The highest BCUT2D eigenvalue weighted by Gasteiger charge is 2.37. The molecule has 2 aromatic carbocycles. The van der Waals surface area contributed by atoms with Crippen LogP contribution in [0.15, 0.2) is 36.4 Å². The molecule has 0 bridgehead atoms. The predicted octanol–water partition coefficient (Wildman–Crippen LogP) is 3.55. The van der Waals surface area contributed by atoms with E-state index < -0.39 is 5.92 Å². The van der Waals surface area contributed by atoms with E-state index in [9.17, 15) is 14.0 Å². The fourth-order valence-electron chi connectivity index (χ4n) is 3.68. The van der Waals surface area contributed by atoms with Crippen LogP contribution in [-0.2, 0) is 16.1 Å². The van der Waals surface area contributed by atoms with E-state index in [2.05, 4.69) is 0 Å². The number of hydrogen-bond acceptors (Lipinski definition) is 4. The van der Waals surface area contributed by atoms with Crippen LogP contribution in [0.3, 0.4) is 0 Å². The maximum absolute atomic E-state index is 13.9. The summed E-state index contributed by atoms with van der Waals surface area (Å²) in [6.07, 6.45) is 0.122. The second kappa shape index (κ2) is 9.15. The van der Waals surface area contributed by atoms with E-state index in [1.54, 1.807) is 44.2 Å². The largest absolute Gasteiger partial charge is 0.493 e. The van der Waals surface area contributed by atoms with Crippen molar-refractivity contribution in [2.75, 3.05) is 32.2 Å². The summed E-state index contributed by atoms with van der Waals surface area (Å²) in [6, 6.07) is 10.2. The van der Waals surface area contributed by atoms with Gasteiger partial charge in [0.25, 0.3) is 0 Å². The normalized spacial score (nSPS) is 16.0. The summed E-state index contributed by atoms with van der Waals surface area (Å²) in [5.74, 6) is 0.148. The standard InChI is InChI=1S/C23H27FN2O4/c1-5-25(13-16-7-9-20(29-3)21(10-16)30-4)23(28)17-11-22(27)26(14-17)18-8-6-15(2)19(24)12-18/h6-10,12,17H,5,11,13-14H2,1-4H3. The lowest BCUT2D eigenvalue weighted by molar-refractivity contribution is -0.136. The van der Waals surface area contributed by atoms with Crippen LogP contribution < -0.4 is 14.4 Å². The van der Waals surface area contributed by atoms with E-state index in [1.165, 1.54) is 11.0 Å². The Bertz CT molecular complexity index is 947. The molecule has 0 spiro atoms. The molecule has 0 radical (unpaired) electrons. The highest BCUT2D eigenvalue weighted by molar-refractivity contribution is 6.00. The molecule has 1 unspecified atom stereocenters. The summed E-state index contributed by atoms with van der Waals surface area (Å²) in [6.45, 7) is 4.74. The van der Waals surface area contributed by atoms with Gasteiger partial charge in [-0.1, -0.05) is 12.1 Å². The topological polar surface area (TPSA) is 59.1 Å². The van der Waals surface area contributed by atoms with Crippen molar-refractivity contribution in [1.82, 2.24) is 4.90 Å². The Morgan fingerprint density at radius 1 is 1.17 bits per heavy atom. The van der Waals surface area contributed by atoms with E-state index >= 15 is 0 Å². The van der Waals surface area contributed by atoms with Gasteiger partial charge in [-0.15, -0.1) is 0 Å². The van der Waals surface area contributed by atoms with Crippen molar-refractivity contribution in [1.29, 1.82) is 0 Å². The van der Waals surface area contributed by atoms with Gasteiger partial charge in [-0.3, -0.25) is 9.59 Å². The lowest BCUT2D eigenvalue weighted by Crippen LogP contribution is -2.37. The van der Waals surface area contributed by atoms with Gasteiger partial charge in [0, 0.05) is 31.7 Å². The number of halogens is 1. The molecule has 3 rings (SSSR count). The Balaban J connectivity index is 1.73. The molecule has 0 N–H and O–H groups in total. The summed E-state index contributed by atoms with van der Waals surface area (Å²) in [4.78, 5) is 28.8. The monoisotopic (exact) mass is 414 g/mol. The van der Waals surface area contributed by atoms with Crippen molar-refractivity contribution in [3.63, 3.8) is 0 Å². The zero-order valence-electron chi connectivity index (χ0n) is 17.8. The van der Waals surface area contributed by atoms with E-state index in [4.69, 9.17) is 9.47 Å². The van der Waals surface area contributed by atoms with Crippen LogP contribution in [0.4, 0.5) is 10.1 Å². The zero-order chi connectivity index (χ0) is 21.8. The Kier molecular flexibility index (Phi) is 6.59. The number of benzene rings is 2. The molecule has 160 valence electrons. The number of amides is 2. The SMILES string of the molecule is CCN(Cc1ccc(OC)c(OC)c1)C(=O)C1CC(=O)N(c2ccc(C)c(F)c2)C1. The fraction of sp³-hybridized carbons (Fsp3) is 0.391. The average Bonchev–Trinajstić information content (AvgIpc) is 3.14. The first-order chi connectivity index (χ1) is 14.4. The molecular formula is C23H27FN2O4. The molecule has 7 heteroatoms. The molecule has 1 atom stereocenters. The van der Waals surface area contributed by atoms with Gasteiger partial charge < -0.3 is 19.3 Å². The van der Waals surface area contributed by atoms with E-state index in [0.717, 1.165) is 5.56 Å². The Morgan fingerprint density at radius 3 is 2.53 bits per heavy atom. The fourth-order valence-corrected chi connectivity index (χ4v) is 3.68. The second-order valence-electron chi connectivity index (χ2n) is 7.38. The molecule has 2 amide bonds. The third-order valence-corrected chi connectivity index (χ3v) is 5.46. The van der Waals surface area contributed by atoms with Crippen molar-refractivity contribution < 1.29 is 23.5 Å². The number of carbonyl (C=O) groups is 2. The van der Waals surface area contributed by atoms with Crippen molar-refractivity contribution in [3.8, 4) is 11.5 Å². The highest BCUT2D eigenvalue weighted by atomic mass is 19.1. The minimum atomic E-state index is -0.457. The molecule has 1 heterocycles. The predicted molar refractivity (Wildman–Crippen MR) is 112 cm³/mol. The summed E-state index contributed by atoms with van der Waals surface area (Å²) in [5, 5.41) is 0. The van der Waals surface area contributed by atoms with Crippen LogP contribution in [0, 0.1) is 18.7 Å². The van der Waals surface area contributed by atoms with Gasteiger partial charge >= 0.3 is 0 Å². The first-order valence-corrected chi connectivity index (χ1v) is 9.94. The average molecular weight is 414 g/mol. The molecular weight excluding hydrogens is 387 g/mol. The number of methoxy groups -OCH3 is 2. The van der Waals surface area contributed by atoms with E-state index in [-0.39, 0.29) is 30.6 Å². The Hall–Kier alpha value is -3.09. The maximum atomic E-state index is 13.9. The number of aryl methyl sites for hydroxylation is 1. The van der Waals surface area contributed by atoms with Crippen LogP contribution in [0.1, 0.15) is 24.5 Å². The summed E-state index contributed by atoms with van der Waals surface area (Å²) >= 11 is 0. The number of rotatable bonds is 7. The van der Waals surface area contributed by atoms with E-state index in [1.807, 2.05) is 19.1 Å². The molecule has 0 aliphatic carbocycles. The quantitative estimate of drug-likeness (QED) is 0.695. The third kappa shape index (κ3) is 4.40. The summed E-state index contributed by atoms with van der Waals surface area (Å²) in [5.41, 5.74) is 1.91.